The zero-order chi connectivity index (χ0) is 19.5. The lowest BCUT2D eigenvalue weighted by molar-refractivity contribution is 1.71. The second-order valence-corrected chi connectivity index (χ2v) is 10.6. The van der Waals surface area contributed by atoms with E-state index in [1.807, 2.05) is 0 Å². The summed E-state index contributed by atoms with van der Waals surface area (Å²) in [5.41, 5.74) is 0. The first-order valence-corrected chi connectivity index (χ1v) is 11.7. The molecule has 0 saturated carbocycles. The Morgan fingerprint density at radius 3 is 1.21 bits per heavy atom. The van der Waals surface area contributed by atoms with Gasteiger partial charge in [0.15, 0.2) is 0 Å². The van der Waals surface area contributed by atoms with Crippen LogP contribution in [0.5, 0.6) is 0 Å². The van der Waals surface area contributed by atoms with Crippen LogP contribution in [0.1, 0.15) is 0 Å². The standard InChI is InChI=1S/C28H22P/c1-4-14-25(15-5-1)29(26-16-6-2-7-17-26,27-18-8-3-9-19-27)28-21-20-23-12-10-11-13-24(23)22-28/h1-22H/q+1. The third kappa shape index (κ3) is 3.07. The first-order chi connectivity index (χ1) is 14.4. The maximum absolute atomic E-state index is 2.40. The van der Waals surface area contributed by atoms with Gasteiger partial charge in [0.25, 0.3) is 0 Å². The lowest BCUT2D eigenvalue weighted by atomic mass is 10.1. The Morgan fingerprint density at radius 2 is 0.724 bits per heavy atom. The summed E-state index contributed by atoms with van der Waals surface area (Å²) in [5.74, 6) is 0. The van der Waals surface area contributed by atoms with Gasteiger partial charge in [-0.05, 0) is 59.3 Å². The molecule has 5 aromatic rings. The first kappa shape index (κ1) is 17.9. The highest BCUT2D eigenvalue weighted by Crippen LogP contribution is 2.54. The van der Waals surface area contributed by atoms with Crippen LogP contribution < -0.4 is 21.2 Å². The van der Waals surface area contributed by atoms with Gasteiger partial charge in [-0.1, -0.05) is 84.9 Å². The molecule has 0 aliphatic rings. The molecule has 138 valence electrons. The van der Waals surface area contributed by atoms with E-state index in [4.69, 9.17) is 0 Å². The van der Waals surface area contributed by atoms with Gasteiger partial charge in [0.1, 0.15) is 28.5 Å². The largest absolute Gasteiger partial charge is 0.144 e. The molecule has 0 saturated heterocycles. The van der Waals surface area contributed by atoms with Crippen molar-refractivity contribution in [3.05, 3.63) is 133 Å². The van der Waals surface area contributed by atoms with Crippen LogP contribution in [0.2, 0.25) is 0 Å². The molecule has 0 aliphatic carbocycles. The van der Waals surface area contributed by atoms with E-state index in [2.05, 4.69) is 133 Å². The van der Waals surface area contributed by atoms with Crippen molar-refractivity contribution < 1.29 is 0 Å². The Morgan fingerprint density at radius 1 is 0.310 bits per heavy atom. The topological polar surface area (TPSA) is 0 Å². The fraction of sp³-hybridized carbons (Fsp3) is 0. The van der Waals surface area contributed by atoms with Gasteiger partial charge in [0.2, 0.25) is 0 Å². The summed E-state index contributed by atoms with van der Waals surface area (Å²) in [6, 6.07) is 48.7. The van der Waals surface area contributed by atoms with Crippen molar-refractivity contribution in [1.29, 1.82) is 0 Å². The van der Waals surface area contributed by atoms with Gasteiger partial charge < -0.3 is 0 Å². The highest BCUT2D eigenvalue weighted by atomic mass is 31.2. The predicted octanol–water partition coefficient (Wildman–Crippen LogP) is 5.46. The molecule has 0 spiro atoms. The van der Waals surface area contributed by atoms with E-state index in [1.165, 1.54) is 32.0 Å². The Hall–Kier alpha value is -3.21. The van der Waals surface area contributed by atoms with Crippen molar-refractivity contribution in [1.82, 2.24) is 0 Å². The minimum atomic E-state index is -2.01. The maximum Gasteiger partial charge on any atom is 0.144 e. The third-order valence-corrected chi connectivity index (χ3v) is 9.82. The molecule has 29 heavy (non-hydrogen) atoms. The zero-order valence-corrected chi connectivity index (χ0v) is 17.0. The van der Waals surface area contributed by atoms with Crippen molar-refractivity contribution >= 4 is 39.3 Å². The van der Waals surface area contributed by atoms with E-state index in [-0.39, 0.29) is 0 Å². The summed E-state index contributed by atoms with van der Waals surface area (Å²) in [7, 11) is -2.01. The van der Waals surface area contributed by atoms with E-state index >= 15 is 0 Å². The van der Waals surface area contributed by atoms with Gasteiger partial charge >= 0.3 is 0 Å². The lowest BCUT2D eigenvalue weighted by Gasteiger charge is -2.27. The normalized spacial score (nSPS) is 11.4. The van der Waals surface area contributed by atoms with Crippen LogP contribution >= 0.6 is 7.26 Å². The van der Waals surface area contributed by atoms with E-state index in [0.29, 0.717) is 0 Å². The van der Waals surface area contributed by atoms with Gasteiger partial charge in [-0.15, -0.1) is 0 Å². The molecule has 0 bridgehead atoms. The molecule has 0 N–H and O–H groups in total. The highest BCUT2D eigenvalue weighted by molar-refractivity contribution is 8.01. The molecule has 0 atom stereocenters. The molecule has 5 aromatic carbocycles. The molecule has 0 fully saturated rings. The summed E-state index contributed by atoms with van der Waals surface area (Å²) >= 11 is 0. The van der Waals surface area contributed by atoms with Crippen molar-refractivity contribution in [2.75, 3.05) is 0 Å². The van der Waals surface area contributed by atoms with E-state index in [9.17, 15) is 0 Å². The molecule has 0 aliphatic heterocycles. The van der Waals surface area contributed by atoms with E-state index in [0.717, 1.165) is 0 Å². The molecule has 0 nitrogen and oxygen atoms in total. The van der Waals surface area contributed by atoms with Crippen LogP contribution in [0.25, 0.3) is 10.8 Å². The summed E-state index contributed by atoms with van der Waals surface area (Å²) < 4.78 is 0. The van der Waals surface area contributed by atoms with Gasteiger partial charge in [-0.2, -0.15) is 0 Å². The Labute approximate surface area is 172 Å². The molecular weight excluding hydrogens is 367 g/mol. The highest BCUT2D eigenvalue weighted by Gasteiger charge is 2.47. The molecular formula is C28H22P+. The first-order valence-electron chi connectivity index (χ1n) is 9.94. The second kappa shape index (κ2) is 7.66. The summed E-state index contributed by atoms with van der Waals surface area (Å²) in [6.07, 6.45) is 0. The Kier molecular flexibility index (Phi) is 4.72. The van der Waals surface area contributed by atoms with Crippen molar-refractivity contribution in [2.24, 2.45) is 0 Å². The minimum absolute atomic E-state index is 1.28. The molecule has 0 aromatic heterocycles. The van der Waals surface area contributed by atoms with Crippen LogP contribution in [0.15, 0.2) is 133 Å². The SMILES string of the molecule is c1ccc([P+](c2ccccc2)(c2ccccc2)c2ccc3ccccc3c2)cc1. The lowest BCUT2D eigenvalue weighted by Crippen LogP contribution is -2.38. The van der Waals surface area contributed by atoms with Gasteiger partial charge in [-0.25, -0.2) is 0 Å². The predicted molar refractivity (Wildman–Crippen MR) is 129 cm³/mol. The number of benzene rings is 5. The average Bonchev–Trinajstić information content (AvgIpc) is 2.82. The minimum Gasteiger partial charge on any atom is -0.0620 e. The van der Waals surface area contributed by atoms with Gasteiger partial charge in [-0.3, -0.25) is 0 Å². The quantitative estimate of drug-likeness (QED) is 0.358. The van der Waals surface area contributed by atoms with Gasteiger partial charge in [0.05, 0.1) is 0 Å². The van der Waals surface area contributed by atoms with Crippen LogP contribution in [-0.4, -0.2) is 0 Å². The van der Waals surface area contributed by atoms with Crippen LogP contribution in [0, 0.1) is 0 Å². The number of rotatable bonds is 4. The number of fused-ring (bicyclic) bond motifs is 1. The molecule has 0 radical (unpaired) electrons. The number of hydrogen-bond acceptors (Lipinski definition) is 0. The Bertz CT molecular complexity index is 1130. The van der Waals surface area contributed by atoms with Crippen molar-refractivity contribution in [2.45, 2.75) is 0 Å². The van der Waals surface area contributed by atoms with Crippen molar-refractivity contribution in [3.8, 4) is 0 Å². The monoisotopic (exact) mass is 389 g/mol. The molecule has 0 unspecified atom stereocenters. The second-order valence-electron chi connectivity index (χ2n) is 7.21. The molecule has 1 heteroatoms. The van der Waals surface area contributed by atoms with Gasteiger partial charge in [0, 0.05) is 0 Å². The van der Waals surface area contributed by atoms with E-state index in [1.54, 1.807) is 0 Å². The average molecular weight is 389 g/mol. The summed E-state index contributed by atoms with van der Waals surface area (Å²) in [4.78, 5) is 0. The fourth-order valence-electron chi connectivity index (χ4n) is 4.23. The maximum atomic E-state index is 2.40. The van der Waals surface area contributed by atoms with Crippen LogP contribution in [-0.2, 0) is 0 Å². The summed E-state index contributed by atoms with van der Waals surface area (Å²) in [5, 5.41) is 8.11. The smallest absolute Gasteiger partial charge is 0.0620 e. The van der Waals surface area contributed by atoms with Crippen LogP contribution in [0.3, 0.4) is 0 Å². The number of hydrogen-bond donors (Lipinski definition) is 0. The zero-order valence-electron chi connectivity index (χ0n) is 16.1. The molecule has 0 heterocycles. The van der Waals surface area contributed by atoms with E-state index < -0.39 is 7.26 Å². The molecule has 0 amide bonds. The van der Waals surface area contributed by atoms with Crippen molar-refractivity contribution in [3.63, 3.8) is 0 Å². The third-order valence-electron chi connectivity index (χ3n) is 5.55. The molecule has 5 rings (SSSR count). The Balaban J connectivity index is 1.92. The summed E-state index contributed by atoms with van der Waals surface area (Å²) in [6.45, 7) is 0. The van der Waals surface area contributed by atoms with Crippen LogP contribution in [0.4, 0.5) is 0 Å². The fourth-order valence-corrected chi connectivity index (χ4v) is 8.51.